The fraction of sp³-hybridized carbons (Fsp3) is 0.611. The summed E-state index contributed by atoms with van der Waals surface area (Å²) in [4.78, 5) is 16.2. The Labute approximate surface area is 142 Å². The summed E-state index contributed by atoms with van der Waals surface area (Å²) in [5.41, 5.74) is 0. The maximum absolute atomic E-state index is 12.8. The van der Waals surface area contributed by atoms with Crippen LogP contribution in [0, 0.1) is 5.82 Å². The van der Waals surface area contributed by atoms with Gasteiger partial charge in [0.25, 0.3) is 0 Å². The van der Waals surface area contributed by atoms with Crippen LogP contribution in [0.25, 0.3) is 0 Å². The summed E-state index contributed by atoms with van der Waals surface area (Å²) >= 11 is 0. The lowest BCUT2D eigenvalue weighted by atomic mass is 10.2. The number of hydrogen-bond acceptors (Lipinski definition) is 3. The van der Waals surface area contributed by atoms with Gasteiger partial charge in [-0.25, -0.2) is 9.18 Å². The Morgan fingerprint density at radius 2 is 1.88 bits per heavy atom. The molecule has 3 rings (SSSR count). The first-order chi connectivity index (χ1) is 11.7. The molecule has 2 saturated heterocycles. The summed E-state index contributed by atoms with van der Waals surface area (Å²) < 4.78 is 18.5. The number of amides is 2. The maximum atomic E-state index is 12.8. The van der Waals surface area contributed by atoms with Crippen LogP contribution in [0.3, 0.4) is 0 Å². The number of urea groups is 1. The highest BCUT2D eigenvalue weighted by Gasteiger charge is 2.32. The van der Waals surface area contributed by atoms with E-state index in [1.54, 1.807) is 17.0 Å². The number of rotatable bonds is 7. The Morgan fingerprint density at radius 1 is 1.17 bits per heavy atom. The van der Waals surface area contributed by atoms with Crippen molar-refractivity contribution in [2.45, 2.75) is 31.8 Å². The third-order valence-corrected chi connectivity index (χ3v) is 4.63. The number of unbranched alkanes of at least 4 members (excludes halogenated alkanes) is 1. The van der Waals surface area contributed by atoms with Crippen LogP contribution in [0.4, 0.5) is 9.18 Å². The number of ether oxygens (including phenoxy) is 1. The van der Waals surface area contributed by atoms with E-state index in [-0.39, 0.29) is 18.0 Å². The van der Waals surface area contributed by atoms with Crippen LogP contribution in [0.5, 0.6) is 5.75 Å². The van der Waals surface area contributed by atoms with E-state index < -0.39 is 0 Å². The molecular weight excluding hydrogens is 309 g/mol. The van der Waals surface area contributed by atoms with Crippen LogP contribution in [0.15, 0.2) is 24.3 Å². The molecule has 2 amide bonds. The zero-order valence-electron chi connectivity index (χ0n) is 14.0. The minimum Gasteiger partial charge on any atom is -0.487 e. The lowest BCUT2D eigenvalue weighted by molar-refractivity contribution is 0.0444. The summed E-state index contributed by atoms with van der Waals surface area (Å²) in [6, 6.07) is 5.95. The Balaban J connectivity index is 1.24. The van der Waals surface area contributed by atoms with Gasteiger partial charge in [-0.1, -0.05) is 0 Å². The van der Waals surface area contributed by atoms with Gasteiger partial charge in [-0.05, 0) is 69.6 Å². The molecule has 0 unspecified atom stereocenters. The molecule has 1 aromatic carbocycles. The van der Waals surface area contributed by atoms with E-state index in [1.165, 1.54) is 38.1 Å². The number of halogens is 1. The fourth-order valence-corrected chi connectivity index (χ4v) is 3.16. The van der Waals surface area contributed by atoms with Crippen LogP contribution < -0.4 is 10.1 Å². The van der Waals surface area contributed by atoms with Crippen molar-refractivity contribution in [1.82, 2.24) is 15.1 Å². The van der Waals surface area contributed by atoms with Crippen molar-refractivity contribution >= 4 is 6.03 Å². The number of benzene rings is 1. The van der Waals surface area contributed by atoms with E-state index in [4.69, 9.17) is 4.74 Å². The Hall–Kier alpha value is -1.82. The first kappa shape index (κ1) is 17.0. The molecule has 1 N–H and O–H groups in total. The SMILES string of the molecule is O=C(NCCCCN1CCCC1)N1CC(Oc2ccc(F)cc2)C1. The number of carbonyl (C=O) groups excluding carboxylic acids is 1. The molecule has 5 nitrogen and oxygen atoms in total. The molecular formula is C18H26FN3O2. The highest BCUT2D eigenvalue weighted by molar-refractivity contribution is 5.75. The monoisotopic (exact) mass is 335 g/mol. The molecule has 1 aromatic rings. The summed E-state index contributed by atoms with van der Waals surface area (Å²) in [6.45, 7) is 5.50. The number of hydrogen-bond donors (Lipinski definition) is 1. The molecule has 0 aromatic heterocycles. The molecule has 2 fully saturated rings. The maximum Gasteiger partial charge on any atom is 0.317 e. The van der Waals surface area contributed by atoms with Crippen LogP contribution in [0.1, 0.15) is 25.7 Å². The zero-order chi connectivity index (χ0) is 16.8. The van der Waals surface area contributed by atoms with Crippen molar-refractivity contribution in [3.05, 3.63) is 30.1 Å². The second-order valence-corrected chi connectivity index (χ2v) is 6.59. The van der Waals surface area contributed by atoms with Crippen molar-refractivity contribution < 1.29 is 13.9 Å². The van der Waals surface area contributed by atoms with Crippen molar-refractivity contribution in [2.75, 3.05) is 39.3 Å². The van der Waals surface area contributed by atoms with Crippen molar-refractivity contribution in [2.24, 2.45) is 0 Å². The summed E-state index contributed by atoms with van der Waals surface area (Å²) in [7, 11) is 0. The van der Waals surface area contributed by atoms with Crippen LogP contribution >= 0.6 is 0 Å². The number of nitrogens with one attached hydrogen (secondary N) is 1. The van der Waals surface area contributed by atoms with Crippen molar-refractivity contribution in [3.8, 4) is 5.75 Å². The zero-order valence-corrected chi connectivity index (χ0v) is 14.0. The van der Waals surface area contributed by atoms with E-state index in [1.807, 2.05) is 0 Å². The Morgan fingerprint density at radius 3 is 2.58 bits per heavy atom. The first-order valence-electron chi connectivity index (χ1n) is 8.88. The van der Waals surface area contributed by atoms with Crippen LogP contribution in [0.2, 0.25) is 0 Å². The van der Waals surface area contributed by atoms with E-state index in [0.29, 0.717) is 18.8 Å². The molecule has 2 aliphatic rings. The predicted octanol–water partition coefficient (Wildman–Crippen LogP) is 2.47. The number of carbonyl (C=O) groups is 1. The fourth-order valence-electron chi connectivity index (χ4n) is 3.16. The molecule has 132 valence electrons. The summed E-state index contributed by atoms with van der Waals surface area (Å²) in [5.74, 6) is 0.366. The Kier molecular flexibility index (Phi) is 5.91. The van der Waals surface area contributed by atoms with Gasteiger partial charge in [0.2, 0.25) is 0 Å². The summed E-state index contributed by atoms with van der Waals surface area (Å²) in [5, 5.41) is 2.97. The molecule has 0 bridgehead atoms. The van der Waals surface area contributed by atoms with E-state index in [0.717, 1.165) is 25.9 Å². The van der Waals surface area contributed by atoms with E-state index >= 15 is 0 Å². The van der Waals surface area contributed by atoms with Gasteiger partial charge in [-0.3, -0.25) is 0 Å². The molecule has 0 radical (unpaired) electrons. The quantitative estimate of drug-likeness (QED) is 0.779. The average molecular weight is 335 g/mol. The normalized spacial score (nSPS) is 18.5. The molecule has 24 heavy (non-hydrogen) atoms. The van der Waals surface area contributed by atoms with E-state index in [9.17, 15) is 9.18 Å². The lowest BCUT2D eigenvalue weighted by Gasteiger charge is -2.38. The van der Waals surface area contributed by atoms with Crippen molar-refractivity contribution in [3.63, 3.8) is 0 Å². The molecule has 0 spiro atoms. The second-order valence-electron chi connectivity index (χ2n) is 6.59. The van der Waals surface area contributed by atoms with E-state index in [2.05, 4.69) is 10.2 Å². The molecule has 0 aliphatic carbocycles. The minimum atomic E-state index is -0.276. The smallest absolute Gasteiger partial charge is 0.317 e. The Bertz CT molecular complexity index is 526. The molecule has 0 saturated carbocycles. The summed E-state index contributed by atoms with van der Waals surface area (Å²) in [6.07, 6.45) is 4.80. The number of likely N-dealkylation sites (tertiary alicyclic amines) is 2. The largest absolute Gasteiger partial charge is 0.487 e. The van der Waals surface area contributed by atoms with Gasteiger partial charge in [-0.2, -0.15) is 0 Å². The number of nitrogens with zero attached hydrogens (tertiary/aromatic N) is 2. The van der Waals surface area contributed by atoms with Gasteiger partial charge in [0, 0.05) is 6.54 Å². The lowest BCUT2D eigenvalue weighted by Crippen LogP contribution is -2.58. The van der Waals surface area contributed by atoms with Gasteiger partial charge in [0.05, 0.1) is 13.1 Å². The van der Waals surface area contributed by atoms with Crippen molar-refractivity contribution in [1.29, 1.82) is 0 Å². The third kappa shape index (κ3) is 4.84. The van der Waals surface area contributed by atoms with Crippen LogP contribution in [-0.2, 0) is 0 Å². The standard InChI is InChI=1S/C18H26FN3O2/c19-15-5-7-16(8-6-15)24-17-13-22(14-17)18(23)20-9-1-2-10-21-11-3-4-12-21/h5-8,17H,1-4,9-14H2,(H,20,23). The first-order valence-corrected chi connectivity index (χ1v) is 8.88. The molecule has 2 heterocycles. The van der Waals surface area contributed by atoms with Crippen LogP contribution in [-0.4, -0.2) is 61.2 Å². The highest BCUT2D eigenvalue weighted by atomic mass is 19.1. The van der Waals surface area contributed by atoms with Gasteiger partial charge in [0.1, 0.15) is 17.7 Å². The van der Waals surface area contributed by atoms with Gasteiger partial charge in [0.15, 0.2) is 0 Å². The topological polar surface area (TPSA) is 44.8 Å². The van der Waals surface area contributed by atoms with Gasteiger partial charge in [-0.15, -0.1) is 0 Å². The highest BCUT2D eigenvalue weighted by Crippen LogP contribution is 2.18. The van der Waals surface area contributed by atoms with Gasteiger partial charge >= 0.3 is 6.03 Å². The molecule has 6 heteroatoms. The minimum absolute atomic E-state index is 0.00335. The molecule has 0 atom stereocenters. The third-order valence-electron chi connectivity index (χ3n) is 4.63. The second kappa shape index (κ2) is 8.33. The van der Waals surface area contributed by atoms with Gasteiger partial charge < -0.3 is 19.9 Å². The predicted molar refractivity (Wildman–Crippen MR) is 90.7 cm³/mol. The molecule has 2 aliphatic heterocycles. The average Bonchev–Trinajstić information content (AvgIpc) is 3.05.